The van der Waals surface area contributed by atoms with Crippen molar-refractivity contribution in [1.82, 2.24) is 4.72 Å². The maximum atomic E-state index is 11.8. The first-order valence-electron chi connectivity index (χ1n) is 5.21. The minimum Gasteiger partial charge on any atom is -0.468 e. The van der Waals surface area contributed by atoms with E-state index in [0.717, 1.165) is 17.3 Å². The van der Waals surface area contributed by atoms with Crippen LogP contribution in [0.3, 0.4) is 0 Å². The summed E-state index contributed by atoms with van der Waals surface area (Å²) < 4.78 is 30.1. The van der Waals surface area contributed by atoms with Crippen LogP contribution in [-0.4, -0.2) is 33.4 Å². The third-order valence-electron chi connectivity index (χ3n) is 2.25. The number of benzene rings is 1. The lowest BCUT2D eigenvalue weighted by Gasteiger charge is -2.06. The van der Waals surface area contributed by atoms with E-state index in [1.807, 2.05) is 0 Å². The third-order valence-corrected chi connectivity index (χ3v) is 4.06. The highest BCUT2D eigenvalue weighted by molar-refractivity contribution is 9.09. The molecule has 0 amide bonds. The number of hydrogen-bond donors (Lipinski definition) is 1. The summed E-state index contributed by atoms with van der Waals surface area (Å²) in [7, 11) is -2.46. The number of rotatable bonds is 6. The van der Waals surface area contributed by atoms with Gasteiger partial charge in [-0.15, -0.1) is 0 Å². The molecule has 1 aromatic rings. The zero-order chi connectivity index (χ0) is 13.6. The number of aryl methyl sites for hydroxylation is 1. The van der Waals surface area contributed by atoms with Crippen LogP contribution in [0, 0.1) is 0 Å². The highest BCUT2D eigenvalue weighted by atomic mass is 79.9. The van der Waals surface area contributed by atoms with Gasteiger partial charge >= 0.3 is 5.97 Å². The van der Waals surface area contributed by atoms with Gasteiger partial charge in [0.1, 0.15) is 6.54 Å². The summed E-state index contributed by atoms with van der Waals surface area (Å²) in [4.78, 5) is 11.0. The molecule has 0 aliphatic carbocycles. The summed E-state index contributed by atoms with van der Waals surface area (Å²) in [5.41, 5.74) is 1.04. The van der Waals surface area contributed by atoms with E-state index in [2.05, 4.69) is 25.4 Å². The van der Waals surface area contributed by atoms with Gasteiger partial charge in [-0.05, 0) is 24.1 Å². The SMILES string of the molecule is COC(=O)CNS(=O)(=O)c1ccc(CCBr)cc1. The van der Waals surface area contributed by atoms with Crippen LogP contribution in [0.5, 0.6) is 0 Å². The van der Waals surface area contributed by atoms with Crippen molar-refractivity contribution >= 4 is 31.9 Å². The molecule has 100 valence electrons. The van der Waals surface area contributed by atoms with Crippen LogP contribution < -0.4 is 4.72 Å². The van der Waals surface area contributed by atoms with E-state index in [9.17, 15) is 13.2 Å². The van der Waals surface area contributed by atoms with E-state index < -0.39 is 16.0 Å². The molecular weight excluding hydrogens is 322 g/mol. The molecular formula is C11H14BrNO4S. The molecule has 0 aromatic heterocycles. The number of halogens is 1. The summed E-state index contributed by atoms with van der Waals surface area (Å²) in [6.07, 6.45) is 0.829. The van der Waals surface area contributed by atoms with Crippen molar-refractivity contribution in [2.45, 2.75) is 11.3 Å². The fourth-order valence-electron chi connectivity index (χ4n) is 1.25. The average molecular weight is 336 g/mol. The van der Waals surface area contributed by atoms with Gasteiger partial charge in [0, 0.05) is 5.33 Å². The number of esters is 1. The summed E-state index contributed by atoms with van der Waals surface area (Å²) in [6, 6.07) is 6.51. The van der Waals surface area contributed by atoms with Crippen molar-refractivity contribution in [2.24, 2.45) is 0 Å². The molecule has 0 saturated heterocycles. The van der Waals surface area contributed by atoms with Crippen LogP contribution in [0.15, 0.2) is 29.2 Å². The van der Waals surface area contributed by atoms with Crippen molar-refractivity contribution in [3.05, 3.63) is 29.8 Å². The predicted molar refractivity (Wildman–Crippen MR) is 71.1 cm³/mol. The monoisotopic (exact) mass is 335 g/mol. The molecule has 0 unspecified atom stereocenters. The Kier molecular flexibility index (Phi) is 5.77. The van der Waals surface area contributed by atoms with Crippen molar-refractivity contribution in [3.8, 4) is 0 Å². The largest absolute Gasteiger partial charge is 0.468 e. The van der Waals surface area contributed by atoms with Crippen LogP contribution in [0.2, 0.25) is 0 Å². The lowest BCUT2D eigenvalue weighted by molar-refractivity contribution is -0.139. The Hall–Kier alpha value is -0.920. The number of alkyl halides is 1. The molecule has 0 saturated carbocycles. The van der Waals surface area contributed by atoms with E-state index in [-0.39, 0.29) is 11.4 Å². The minimum atomic E-state index is -3.66. The van der Waals surface area contributed by atoms with Gasteiger partial charge in [0.15, 0.2) is 0 Å². The first kappa shape index (κ1) is 15.1. The molecule has 1 N–H and O–H groups in total. The summed E-state index contributed by atoms with van der Waals surface area (Å²) in [6.45, 7) is -0.373. The highest BCUT2D eigenvalue weighted by Gasteiger charge is 2.15. The van der Waals surface area contributed by atoms with Gasteiger partial charge in [0.05, 0.1) is 12.0 Å². The topological polar surface area (TPSA) is 72.5 Å². The normalized spacial score (nSPS) is 11.2. The Balaban J connectivity index is 2.75. The quantitative estimate of drug-likeness (QED) is 0.623. The Morgan fingerprint density at radius 3 is 2.44 bits per heavy atom. The average Bonchev–Trinajstić information content (AvgIpc) is 2.37. The first-order valence-corrected chi connectivity index (χ1v) is 7.81. The van der Waals surface area contributed by atoms with Crippen molar-refractivity contribution in [2.75, 3.05) is 19.0 Å². The van der Waals surface area contributed by atoms with Gasteiger partial charge in [0.2, 0.25) is 10.0 Å². The Morgan fingerprint density at radius 1 is 1.33 bits per heavy atom. The molecule has 0 heterocycles. The summed E-state index contributed by atoms with van der Waals surface area (Å²) in [5, 5.41) is 0.819. The molecule has 7 heteroatoms. The number of carbonyl (C=O) groups is 1. The van der Waals surface area contributed by atoms with Crippen molar-refractivity contribution in [1.29, 1.82) is 0 Å². The van der Waals surface area contributed by atoms with Crippen LogP contribution in [-0.2, 0) is 26.0 Å². The smallest absolute Gasteiger partial charge is 0.320 e. The molecule has 0 aliphatic rings. The van der Waals surface area contributed by atoms with E-state index in [1.165, 1.54) is 19.2 Å². The lowest BCUT2D eigenvalue weighted by Crippen LogP contribution is -2.30. The van der Waals surface area contributed by atoms with Crippen LogP contribution >= 0.6 is 15.9 Å². The standard InChI is InChI=1S/C11H14BrNO4S/c1-17-11(14)8-13-18(15,16)10-4-2-9(3-5-10)6-7-12/h2-5,13H,6-8H2,1H3. The maximum Gasteiger partial charge on any atom is 0.320 e. The van der Waals surface area contributed by atoms with Gasteiger partial charge < -0.3 is 4.74 Å². The van der Waals surface area contributed by atoms with E-state index >= 15 is 0 Å². The third kappa shape index (κ3) is 4.40. The highest BCUT2D eigenvalue weighted by Crippen LogP contribution is 2.11. The second-order valence-electron chi connectivity index (χ2n) is 3.48. The molecule has 0 bridgehead atoms. The second kappa shape index (κ2) is 6.86. The number of carbonyl (C=O) groups excluding carboxylic acids is 1. The van der Waals surface area contributed by atoms with E-state index in [4.69, 9.17) is 0 Å². The van der Waals surface area contributed by atoms with Crippen molar-refractivity contribution in [3.63, 3.8) is 0 Å². The van der Waals surface area contributed by atoms with Crippen molar-refractivity contribution < 1.29 is 17.9 Å². The molecule has 18 heavy (non-hydrogen) atoms. The van der Waals surface area contributed by atoms with Crippen LogP contribution in [0.25, 0.3) is 0 Å². The molecule has 1 rings (SSSR count). The number of methoxy groups -OCH3 is 1. The number of ether oxygens (including phenoxy) is 1. The van der Waals surface area contributed by atoms with Gasteiger partial charge in [-0.1, -0.05) is 28.1 Å². The molecule has 0 fully saturated rings. The number of sulfonamides is 1. The molecule has 0 aliphatic heterocycles. The zero-order valence-electron chi connectivity index (χ0n) is 9.85. The fourth-order valence-corrected chi connectivity index (χ4v) is 2.68. The van der Waals surface area contributed by atoms with Crippen LogP contribution in [0.4, 0.5) is 0 Å². The second-order valence-corrected chi connectivity index (χ2v) is 6.04. The fraction of sp³-hybridized carbons (Fsp3) is 0.364. The van der Waals surface area contributed by atoms with Crippen LogP contribution in [0.1, 0.15) is 5.56 Å². The van der Waals surface area contributed by atoms with Gasteiger partial charge in [-0.2, -0.15) is 4.72 Å². The lowest BCUT2D eigenvalue weighted by atomic mass is 10.2. The molecule has 1 aromatic carbocycles. The molecule has 5 nitrogen and oxygen atoms in total. The Bertz CT molecular complexity index is 498. The van der Waals surface area contributed by atoms with Gasteiger partial charge in [-0.25, -0.2) is 8.42 Å². The minimum absolute atomic E-state index is 0.129. The summed E-state index contributed by atoms with van der Waals surface area (Å²) >= 11 is 3.31. The first-order chi connectivity index (χ1) is 8.49. The van der Waals surface area contributed by atoms with Gasteiger partial charge in [-0.3, -0.25) is 4.79 Å². The zero-order valence-corrected chi connectivity index (χ0v) is 12.3. The predicted octanol–water partition coefficient (Wildman–Crippen LogP) is 1.08. The van der Waals surface area contributed by atoms with Gasteiger partial charge in [0.25, 0.3) is 0 Å². The molecule has 0 spiro atoms. The Morgan fingerprint density at radius 2 is 1.94 bits per heavy atom. The Labute approximate surface area is 115 Å². The maximum absolute atomic E-state index is 11.8. The number of hydrogen-bond acceptors (Lipinski definition) is 4. The molecule has 0 atom stereocenters. The van der Waals surface area contributed by atoms with E-state index in [1.54, 1.807) is 12.1 Å². The summed E-state index contributed by atoms with van der Waals surface area (Å²) in [5.74, 6) is -0.630. The van der Waals surface area contributed by atoms with E-state index in [0.29, 0.717) is 0 Å². The molecule has 0 radical (unpaired) electrons. The number of nitrogens with one attached hydrogen (secondary N) is 1.